The highest BCUT2D eigenvalue weighted by molar-refractivity contribution is 5.95. The summed E-state index contributed by atoms with van der Waals surface area (Å²) in [5, 5.41) is 5.27. The van der Waals surface area contributed by atoms with Crippen LogP contribution in [0.4, 0.5) is 16.3 Å². The van der Waals surface area contributed by atoms with E-state index in [9.17, 15) is 9.59 Å². The third-order valence-electron chi connectivity index (χ3n) is 2.03. The molecule has 0 aliphatic rings. The predicted octanol–water partition coefficient (Wildman–Crippen LogP) is -0.469. The van der Waals surface area contributed by atoms with Gasteiger partial charge in [-0.25, -0.2) is 14.6 Å². The van der Waals surface area contributed by atoms with Crippen LogP contribution >= 0.6 is 0 Å². The maximum Gasteiger partial charge on any atom is 0.341 e. The van der Waals surface area contributed by atoms with Gasteiger partial charge in [0.05, 0.1) is 19.0 Å². The van der Waals surface area contributed by atoms with Crippen LogP contribution in [0.2, 0.25) is 0 Å². The van der Waals surface area contributed by atoms with Gasteiger partial charge in [-0.05, 0) is 6.07 Å². The van der Waals surface area contributed by atoms with E-state index in [4.69, 9.17) is 11.5 Å². The molecule has 0 fully saturated rings. The molecule has 2 amide bonds. The molecule has 0 bridgehead atoms. The van der Waals surface area contributed by atoms with Crippen LogP contribution in [0.5, 0.6) is 0 Å². The molecule has 6 N–H and O–H groups in total. The van der Waals surface area contributed by atoms with Gasteiger partial charge in [0, 0.05) is 13.1 Å². The van der Waals surface area contributed by atoms with E-state index in [0.717, 1.165) is 0 Å². The fourth-order valence-corrected chi connectivity index (χ4v) is 1.25. The average Bonchev–Trinajstić information content (AvgIpc) is 2.34. The minimum absolute atomic E-state index is 0.233. The van der Waals surface area contributed by atoms with Gasteiger partial charge >= 0.3 is 12.0 Å². The lowest BCUT2D eigenvalue weighted by molar-refractivity contribution is 0.0601. The molecular weight excluding hydrogens is 238 g/mol. The van der Waals surface area contributed by atoms with E-state index < -0.39 is 12.0 Å². The number of anilines is 2. The zero-order valence-corrected chi connectivity index (χ0v) is 9.90. The Bertz CT molecular complexity index is 449. The van der Waals surface area contributed by atoms with Crippen molar-refractivity contribution in [3.8, 4) is 0 Å². The number of amides is 2. The molecule has 0 unspecified atom stereocenters. The van der Waals surface area contributed by atoms with E-state index in [-0.39, 0.29) is 5.56 Å². The summed E-state index contributed by atoms with van der Waals surface area (Å²) in [6.07, 6.45) is 1.41. The second kappa shape index (κ2) is 6.28. The zero-order chi connectivity index (χ0) is 13.5. The molecule has 1 heterocycles. The highest BCUT2D eigenvalue weighted by atomic mass is 16.5. The van der Waals surface area contributed by atoms with Gasteiger partial charge in [0.15, 0.2) is 0 Å². The van der Waals surface area contributed by atoms with Crippen LogP contribution < -0.4 is 22.1 Å². The van der Waals surface area contributed by atoms with E-state index in [2.05, 4.69) is 20.4 Å². The van der Waals surface area contributed by atoms with Crippen molar-refractivity contribution in [1.29, 1.82) is 0 Å². The Hall–Kier alpha value is -2.51. The Labute approximate surface area is 104 Å². The van der Waals surface area contributed by atoms with Crippen LogP contribution in [0.25, 0.3) is 0 Å². The summed E-state index contributed by atoms with van der Waals surface area (Å²) in [4.78, 5) is 25.9. The van der Waals surface area contributed by atoms with Crippen molar-refractivity contribution >= 4 is 23.5 Å². The van der Waals surface area contributed by atoms with Crippen LogP contribution in [0.15, 0.2) is 12.3 Å². The predicted molar refractivity (Wildman–Crippen MR) is 66.1 cm³/mol. The standard InChI is InChI=1S/C10H15N5O3/c1-18-9(16)7-4-6(11)5-15-8(7)13-2-3-14-10(12)17/h4-5H,2-3,11H2,1H3,(H,13,15)(H3,12,14,17). The van der Waals surface area contributed by atoms with Gasteiger partial charge in [-0.1, -0.05) is 0 Å². The van der Waals surface area contributed by atoms with Crippen molar-refractivity contribution in [2.24, 2.45) is 5.73 Å². The number of nitrogens with one attached hydrogen (secondary N) is 2. The zero-order valence-electron chi connectivity index (χ0n) is 9.90. The number of carbonyl (C=O) groups is 2. The van der Waals surface area contributed by atoms with E-state index in [1.807, 2.05) is 0 Å². The minimum atomic E-state index is -0.616. The summed E-state index contributed by atoms with van der Waals surface area (Å²) in [6, 6.07) is 0.845. The molecule has 0 saturated heterocycles. The molecule has 98 valence electrons. The molecule has 0 spiro atoms. The van der Waals surface area contributed by atoms with Gasteiger partial charge in [0.2, 0.25) is 0 Å². The number of nitrogen functional groups attached to an aromatic ring is 1. The first-order valence-electron chi connectivity index (χ1n) is 5.15. The summed E-state index contributed by atoms with van der Waals surface area (Å²) in [5.41, 5.74) is 11.0. The fourth-order valence-electron chi connectivity index (χ4n) is 1.25. The number of ether oxygens (including phenoxy) is 1. The van der Waals surface area contributed by atoms with E-state index in [1.54, 1.807) is 0 Å². The van der Waals surface area contributed by atoms with Crippen molar-refractivity contribution in [3.63, 3.8) is 0 Å². The summed E-state index contributed by atoms with van der Waals surface area (Å²) in [5.74, 6) is -0.206. The molecule has 1 aromatic heterocycles. The number of carbonyl (C=O) groups excluding carboxylic acids is 2. The summed E-state index contributed by atoms with van der Waals surface area (Å²) in [6.45, 7) is 0.672. The number of hydrogen-bond acceptors (Lipinski definition) is 6. The van der Waals surface area contributed by atoms with E-state index in [0.29, 0.717) is 24.6 Å². The maximum atomic E-state index is 11.5. The summed E-state index contributed by atoms with van der Waals surface area (Å²) >= 11 is 0. The first kappa shape index (κ1) is 13.6. The molecular formula is C10H15N5O3. The van der Waals surface area contributed by atoms with Crippen LogP contribution in [0, 0.1) is 0 Å². The third-order valence-corrected chi connectivity index (χ3v) is 2.03. The quantitative estimate of drug-likeness (QED) is 0.414. The first-order chi connectivity index (χ1) is 8.54. The Balaban J connectivity index is 2.69. The minimum Gasteiger partial charge on any atom is -0.465 e. The lowest BCUT2D eigenvalue weighted by Crippen LogP contribution is -2.33. The number of hydrogen-bond donors (Lipinski definition) is 4. The first-order valence-corrected chi connectivity index (χ1v) is 5.15. The normalized spacial score (nSPS) is 9.61. The molecule has 1 aromatic rings. The van der Waals surface area contributed by atoms with Gasteiger partial charge < -0.3 is 26.8 Å². The lowest BCUT2D eigenvalue weighted by atomic mass is 10.2. The van der Waals surface area contributed by atoms with Crippen LogP contribution in [0.3, 0.4) is 0 Å². The molecule has 0 atom stereocenters. The molecule has 0 saturated carbocycles. The van der Waals surface area contributed by atoms with E-state index >= 15 is 0 Å². The van der Waals surface area contributed by atoms with E-state index in [1.165, 1.54) is 19.4 Å². The fraction of sp³-hybridized carbons (Fsp3) is 0.300. The highest BCUT2D eigenvalue weighted by Crippen LogP contribution is 2.16. The van der Waals surface area contributed by atoms with Crippen molar-refractivity contribution in [3.05, 3.63) is 17.8 Å². The van der Waals surface area contributed by atoms with Gasteiger partial charge in [0.25, 0.3) is 0 Å². The second-order valence-electron chi connectivity index (χ2n) is 3.37. The molecule has 1 rings (SSSR count). The Kier molecular flexibility index (Phi) is 4.73. The van der Waals surface area contributed by atoms with Crippen LogP contribution in [0.1, 0.15) is 10.4 Å². The van der Waals surface area contributed by atoms with Gasteiger partial charge in [-0.15, -0.1) is 0 Å². The van der Waals surface area contributed by atoms with Crippen molar-refractivity contribution in [2.45, 2.75) is 0 Å². The molecule has 0 radical (unpaired) electrons. The molecule has 0 aliphatic carbocycles. The SMILES string of the molecule is COC(=O)c1cc(N)cnc1NCCNC(N)=O. The number of methoxy groups -OCH3 is 1. The van der Waals surface area contributed by atoms with Crippen LogP contribution in [-0.2, 0) is 4.74 Å². The number of urea groups is 1. The smallest absolute Gasteiger partial charge is 0.341 e. The number of nitrogens with zero attached hydrogens (tertiary/aromatic N) is 1. The Morgan fingerprint density at radius 2 is 2.17 bits per heavy atom. The average molecular weight is 253 g/mol. The van der Waals surface area contributed by atoms with Crippen molar-refractivity contribution < 1.29 is 14.3 Å². The molecule has 18 heavy (non-hydrogen) atoms. The van der Waals surface area contributed by atoms with Crippen molar-refractivity contribution in [2.75, 3.05) is 31.2 Å². The number of aromatic nitrogens is 1. The summed E-state index contributed by atoms with van der Waals surface area (Å²) in [7, 11) is 1.27. The molecule has 0 aliphatic heterocycles. The molecule has 8 heteroatoms. The second-order valence-corrected chi connectivity index (χ2v) is 3.37. The molecule has 0 aromatic carbocycles. The van der Waals surface area contributed by atoms with Crippen LogP contribution in [-0.4, -0.2) is 37.2 Å². The summed E-state index contributed by atoms with van der Waals surface area (Å²) < 4.78 is 4.61. The Morgan fingerprint density at radius 1 is 1.44 bits per heavy atom. The van der Waals surface area contributed by atoms with Gasteiger partial charge in [0.1, 0.15) is 11.4 Å². The number of esters is 1. The van der Waals surface area contributed by atoms with Gasteiger partial charge in [-0.2, -0.15) is 0 Å². The molecule has 8 nitrogen and oxygen atoms in total. The van der Waals surface area contributed by atoms with Gasteiger partial charge in [-0.3, -0.25) is 0 Å². The monoisotopic (exact) mass is 253 g/mol. The topological polar surface area (TPSA) is 132 Å². The number of nitrogens with two attached hydrogens (primary N) is 2. The number of pyridine rings is 1. The number of rotatable bonds is 5. The van der Waals surface area contributed by atoms with Crippen molar-refractivity contribution in [1.82, 2.24) is 10.3 Å². The lowest BCUT2D eigenvalue weighted by Gasteiger charge is -2.10. The largest absolute Gasteiger partial charge is 0.465 e. The third kappa shape index (κ3) is 3.81. The number of primary amides is 1. The highest BCUT2D eigenvalue weighted by Gasteiger charge is 2.13. The maximum absolute atomic E-state index is 11.5. The Morgan fingerprint density at radius 3 is 2.78 bits per heavy atom.